The molecule has 3 aromatic rings. The number of aromatic nitrogens is 3. The fourth-order valence-corrected chi connectivity index (χ4v) is 3.15. The molecule has 0 spiro atoms. The zero-order valence-corrected chi connectivity index (χ0v) is 13.8. The quantitative estimate of drug-likeness (QED) is 0.752. The zero-order chi connectivity index (χ0) is 16.4. The minimum absolute atomic E-state index is 0.347. The molecule has 1 aliphatic rings. The monoisotopic (exact) mass is 322 g/mol. The van der Waals surface area contributed by atoms with Crippen LogP contribution in [0.15, 0.2) is 48.9 Å². The van der Waals surface area contributed by atoms with Crippen molar-refractivity contribution in [2.75, 3.05) is 18.5 Å². The highest BCUT2D eigenvalue weighted by atomic mass is 16.5. The second-order valence-corrected chi connectivity index (χ2v) is 6.26. The van der Waals surface area contributed by atoms with Crippen molar-refractivity contribution in [1.82, 2.24) is 14.8 Å². The normalized spacial score (nSPS) is 17.3. The maximum absolute atomic E-state index is 5.66. The lowest BCUT2D eigenvalue weighted by atomic mass is 10.1. The Balaban J connectivity index is 1.49. The van der Waals surface area contributed by atoms with Crippen molar-refractivity contribution in [3.05, 3.63) is 54.5 Å². The molecule has 0 amide bonds. The molecule has 0 saturated carbocycles. The number of H-pyrrole nitrogens is 1. The molecule has 3 heterocycles. The first kappa shape index (κ1) is 15.0. The van der Waals surface area contributed by atoms with Crippen molar-refractivity contribution in [2.45, 2.75) is 25.9 Å². The summed E-state index contributed by atoms with van der Waals surface area (Å²) < 4.78 is 7.59. The number of rotatable bonds is 5. The third-order valence-electron chi connectivity index (χ3n) is 4.48. The molecule has 1 unspecified atom stereocenters. The SMILES string of the molecule is Cc1cc(NCC2CCCO2)ccc1-n1ccc(-c2cc[nH]c2)n1. The van der Waals surface area contributed by atoms with Crippen LogP contribution in [-0.4, -0.2) is 34.0 Å². The van der Waals surface area contributed by atoms with Gasteiger partial charge in [-0.25, -0.2) is 4.68 Å². The summed E-state index contributed by atoms with van der Waals surface area (Å²) in [7, 11) is 0. The molecule has 1 fully saturated rings. The van der Waals surface area contributed by atoms with Gasteiger partial charge in [0.25, 0.3) is 0 Å². The molecule has 124 valence electrons. The number of nitrogens with zero attached hydrogens (tertiary/aromatic N) is 2. The van der Waals surface area contributed by atoms with E-state index in [4.69, 9.17) is 4.74 Å². The zero-order valence-electron chi connectivity index (χ0n) is 13.8. The van der Waals surface area contributed by atoms with E-state index in [1.165, 1.54) is 12.0 Å². The second-order valence-electron chi connectivity index (χ2n) is 6.26. The lowest BCUT2D eigenvalue weighted by Crippen LogP contribution is -2.18. The van der Waals surface area contributed by atoms with E-state index >= 15 is 0 Å². The number of benzene rings is 1. The van der Waals surface area contributed by atoms with Crippen LogP contribution in [0.25, 0.3) is 16.9 Å². The fourth-order valence-electron chi connectivity index (χ4n) is 3.15. The van der Waals surface area contributed by atoms with Crippen LogP contribution in [0.1, 0.15) is 18.4 Å². The van der Waals surface area contributed by atoms with Gasteiger partial charge in [0, 0.05) is 43.0 Å². The highest BCUT2D eigenvalue weighted by molar-refractivity contribution is 5.59. The molecule has 1 saturated heterocycles. The molecule has 4 rings (SSSR count). The van der Waals surface area contributed by atoms with Gasteiger partial charge in [-0.05, 0) is 55.7 Å². The summed E-state index contributed by atoms with van der Waals surface area (Å²) in [4.78, 5) is 3.07. The Bertz CT molecular complexity index is 801. The van der Waals surface area contributed by atoms with Gasteiger partial charge in [0.1, 0.15) is 0 Å². The Morgan fingerprint density at radius 2 is 2.29 bits per heavy atom. The molecule has 2 N–H and O–H groups in total. The van der Waals surface area contributed by atoms with Crippen LogP contribution in [-0.2, 0) is 4.74 Å². The molecule has 5 heteroatoms. The number of hydrogen-bond donors (Lipinski definition) is 2. The van der Waals surface area contributed by atoms with Crippen molar-refractivity contribution in [1.29, 1.82) is 0 Å². The topological polar surface area (TPSA) is 54.9 Å². The van der Waals surface area contributed by atoms with Gasteiger partial charge in [0.15, 0.2) is 0 Å². The smallest absolute Gasteiger partial charge is 0.0942 e. The molecular weight excluding hydrogens is 300 g/mol. The van der Waals surface area contributed by atoms with E-state index in [2.05, 4.69) is 40.5 Å². The van der Waals surface area contributed by atoms with Gasteiger partial charge in [-0.15, -0.1) is 0 Å². The Kier molecular flexibility index (Phi) is 4.09. The van der Waals surface area contributed by atoms with E-state index in [9.17, 15) is 0 Å². The van der Waals surface area contributed by atoms with Crippen LogP contribution < -0.4 is 5.32 Å². The molecule has 24 heavy (non-hydrogen) atoms. The van der Waals surface area contributed by atoms with Crippen LogP contribution >= 0.6 is 0 Å². The number of aromatic amines is 1. The average molecular weight is 322 g/mol. The highest BCUT2D eigenvalue weighted by Gasteiger charge is 2.15. The first-order chi connectivity index (χ1) is 11.8. The number of hydrogen-bond acceptors (Lipinski definition) is 3. The first-order valence-electron chi connectivity index (χ1n) is 8.45. The number of aryl methyl sites for hydroxylation is 1. The van der Waals surface area contributed by atoms with E-state index in [0.29, 0.717) is 6.10 Å². The van der Waals surface area contributed by atoms with Crippen LogP contribution in [0, 0.1) is 6.92 Å². The van der Waals surface area contributed by atoms with Gasteiger partial charge in [0.05, 0.1) is 17.5 Å². The Morgan fingerprint density at radius 1 is 1.33 bits per heavy atom. The Morgan fingerprint density at radius 3 is 3.04 bits per heavy atom. The second kappa shape index (κ2) is 6.53. The molecule has 5 nitrogen and oxygen atoms in total. The van der Waals surface area contributed by atoms with E-state index in [-0.39, 0.29) is 0 Å². The van der Waals surface area contributed by atoms with Crippen molar-refractivity contribution >= 4 is 5.69 Å². The van der Waals surface area contributed by atoms with E-state index in [1.807, 2.05) is 35.4 Å². The van der Waals surface area contributed by atoms with Gasteiger partial charge < -0.3 is 15.0 Å². The van der Waals surface area contributed by atoms with Crippen LogP contribution in [0.3, 0.4) is 0 Å². The van der Waals surface area contributed by atoms with Crippen LogP contribution in [0.2, 0.25) is 0 Å². The number of nitrogens with one attached hydrogen (secondary N) is 2. The van der Waals surface area contributed by atoms with Crippen LogP contribution in [0.4, 0.5) is 5.69 Å². The molecular formula is C19H22N4O. The summed E-state index contributed by atoms with van der Waals surface area (Å²) >= 11 is 0. The Hall–Kier alpha value is -2.53. The minimum atomic E-state index is 0.347. The number of ether oxygens (including phenoxy) is 1. The molecule has 0 radical (unpaired) electrons. The van der Waals surface area contributed by atoms with Crippen molar-refractivity contribution in [3.8, 4) is 16.9 Å². The largest absolute Gasteiger partial charge is 0.382 e. The van der Waals surface area contributed by atoms with E-state index in [1.54, 1.807) is 0 Å². The summed E-state index contributed by atoms with van der Waals surface area (Å²) in [5, 5.41) is 8.15. The van der Waals surface area contributed by atoms with Gasteiger partial charge in [-0.2, -0.15) is 5.10 Å². The first-order valence-corrected chi connectivity index (χ1v) is 8.45. The van der Waals surface area contributed by atoms with Crippen molar-refractivity contribution < 1.29 is 4.74 Å². The Labute approximate surface area is 141 Å². The highest BCUT2D eigenvalue weighted by Crippen LogP contribution is 2.22. The lowest BCUT2D eigenvalue weighted by Gasteiger charge is -2.14. The van der Waals surface area contributed by atoms with Crippen LogP contribution in [0.5, 0.6) is 0 Å². The third kappa shape index (κ3) is 3.08. The van der Waals surface area contributed by atoms with E-state index < -0.39 is 0 Å². The van der Waals surface area contributed by atoms with Gasteiger partial charge in [0.2, 0.25) is 0 Å². The molecule has 2 aromatic heterocycles. The average Bonchev–Trinajstić information content (AvgIpc) is 3.33. The maximum atomic E-state index is 5.66. The summed E-state index contributed by atoms with van der Waals surface area (Å²) in [6.07, 6.45) is 8.54. The van der Waals surface area contributed by atoms with Crippen molar-refractivity contribution in [3.63, 3.8) is 0 Å². The fraction of sp³-hybridized carbons (Fsp3) is 0.316. The van der Waals surface area contributed by atoms with E-state index in [0.717, 1.165) is 42.2 Å². The predicted octanol–water partition coefficient (Wildman–Crippen LogP) is 3.77. The summed E-state index contributed by atoms with van der Waals surface area (Å²) in [6.45, 7) is 3.88. The van der Waals surface area contributed by atoms with Gasteiger partial charge in [-0.1, -0.05) is 0 Å². The summed E-state index contributed by atoms with van der Waals surface area (Å²) in [5.41, 5.74) is 5.48. The third-order valence-corrected chi connectivity index (χ3v) is 4.48. The van der Waals surface area contributed by atoms with Crippen molar-refractivity contribution in [2.24, 2.45) is 0 Å². The molecule has 0 aliphatic carbocycles. The van der Waals surface area contributed by atoms with Gasteiger partial charge >= 0.3 is 0 Å². The minimum Gasteiger partial charge on any atom is -0.382 e. The standard InChI is InChI=1S/C19H22N4O/c1-14-11-16(21-13-17-3-2-10-24-17)4-5-19(14)23-9-7-18(22-23)15-6-8-20-12-15/h4-9,11-12,17,20-21H,2-3,10,13H2,1H3. The molecule has 1 atom stereocenters. The number of anilines is 1. The summed E-state index contributed by atoms with van der Waals surface area (Å²) in [6, 6.07) is 10.4. The molecule has 0 bridgehead atoms. The lowest BCUT2D eigenvalue weighted by molar-refractivity contribution is 0.120. The molecule has 1 aliphatic heterocycles. The van der Waals surface area contributed by atoms with Gasteiger partial charge in [-0.3, -0.25) is 0 Å². The molecule has 1 aromatic carbocycles. The predicted molar refractivity (Wildman–Crippen MR) is 95.6 cm³/mol. The summed E-state index contributed by atoms with van der Waals surface area (Å²) in [5.74, 6) is 0. The maximum Gasteiger partial charge on any atom is 0.0942 e.